The summed E-state index contributed by atoms with van der Waals surface area (Å²) in [7, 11) is 1.56. The molecule has 0 fully saturated rings. The van der Waals surface area contributed by atoms with Crippen molar-refractivity contribution >= 4 is 17.9 Å². The van der Waals surface area contributed by atoms with Gasteiger partial charge in [-0.25, -0.2) is 0 Å². The van der Waals surface area contributed by atoms with Gasteiger partial charge < -0.3 is 15.4 Å². The van der Waals surface area contributed by atoms with Crippen molar-refractivity contribution in [2.24, 2.45) is 0 Å². The minimum Gasteiger partial charge on any atom is -0.383 e. The Morgan fingerprint density at radius 3 is 2.67 bits per heavy atom. The fourth-order valence-electron chi connectivity index (χ4n) is 1.76. The number of ether oxygens (including phenoxy) is 1. The van der Waals surface area contributed by atoms with E-state index in [4.69, 9.17) is 4.74 Å². The lowest BCUT2D eigenvalue weighted by Crippen LogP contribution is -2.37. The fourth-order valence-corrected chi connectivity index (χ4v) is 1.76. The van der Waals surface area contributed by atoms with E-state index in [0.717, 1.165) is 11.1 Å². The summed E-state index contributed by atoms with van der Waals surface area (Å²) < 4.78 is 4.81. The third-order valence-corrected chi connectivity index (χ3v) is 2.89. The van der Waals surface area contributed by atoms with Gasteiger partial charge in [-0.05, 0) is 31.1 Å². The van der Waals surface area contributed by atoms with Gasteiger partial charge in [0, 0.05) is 19.7 Å². The summed E-state index contributed by atoms with van der Waals surface area (Å²) in [4.78, 5) is 23.0. The van der Waals surface area contributed by atoms with E-state index in [1.807, 2.05) is 26.0 Å². The molecule has 0 saturated carbocycles. The number of nitrogens with one attached hydrogen (secondary N) is 2. The van der Waals surface area contributed by atoms with Gasteiger partial charge in [0.2, 0.25) is 11.8 Å². The Morgan fingerprint density at radius 2 is 2.00 bits per heavy atom. The van der Waals surface area contributed by atoms with Gasteiger partial charge in [0.1, 0.15) is 0 Å². The van der Waals surface area contributed by atoms with Crippen LogP contribution in [0.25, 0.3) is 6.08 Å². The van der Waals surface area contributed by atoms with Gasteiger partial charge in [-0.1, -0.05) is 23.8 Å². The van der Waals surface area contributed by atoms with Gasteiger partial charge in [0.25, 0.3) is 0 Å². The number of benzene rings is 1. The highest BCUT2D eigenvalue weighted by atomic mass is 16.5. The molecule has 0 spiro atoms. The third-order valence-electron chi connectivity index (χ3n) is 2.89. The van der Waals surface area contributed by atoms with Gasteiger partial charge in [-0.2, -0.15) is 0 Å². The molecule has 0 unspecified atom stereocenters. The second-order valence-corrected chi connectivity index (χ2v) is 4.75. The van der Waals surface area contributed by atoms with Crippen LogP contribution in [0.1, 0.15) is 16.7 Å². The van der Waals surface area contributed by atoms with E-state index in [1.165, 1.54) is 11.6 Å². The molecule has 0 aliphatic rings. The maximum Gasteiger partial charge on any atom is 0.244 e. The maximum atomic E-state index is 11.6. The molecule has 0 aromatic heterocycles. The van der Waals surface area contributed by atoms with Crippen molar-refractivity contribution < 1.29 is 14.3 Å². The smallest absolute Gasteiger partial charge is 0.244 e. The number of aryl methyl sites for hydroxylation is 2. The monoisotopic (exact) mass is 290 g/mol. The normalized spacial score (nSPS) is 10.6. The standard InChI is InChI=1S/C16H22N2O3/c1-12-4-5-14(13(2)10-12)6-7-15(19)18-11-16(20)17-8-9-21-3/h4-7,10H,8-9,11H2,1-3H3,(H,17,20)(H,18,19)/b7-6+. The summed E-state index contributed by atoms with van der Waals surface area (Å²) in [6.45, 7) is 4.86. The predicted octanol–water partition coefficient (Wildman–Crippen LogP) is 1.20. The Morgan fingerprint density at radius 1 is 1.24 bits per heavy atom. The lowest BCUT2D eigenvalue weighted by molar-refractivity contribution is -0.124. The maximum absolute atomic E-state index is 11.6. The van der Waals surface area contributed by atoms with Gasteiger partial charge >= 0.3 is 0 Å². The SMILES string of the molecule is COCCNC(=O)CNC(=O)/C=C/c1ccc(C)cc1C. The summed E-state index contributed by atoms with van der Waals surface area (Å²) in [5, 5.41) is 5.16. The van der Waals surface area contributed by atoms with Gasteiger partial charge in [-0.15, -0.1) is 0 Å². The topological polar surface area (TPSA) is 67.4 Å². The second-order valence-electron chi connectivity index (χ2n) is 4.75. The quantitative estimate of drug-likeness (QED) is 0.585. The van der Waals surface area contributed by atoms with Crippen LogP contribution in [-0.2, 0) is 14.3 Å². The molecule has 2 N–H and O–H groups in total. The molecular weight excluding hydrogens is 268 g/mol. The Hall–Kier alpha value is -2.14. The van der Waals surface area contributed by atoms with Crippen molar-refractivity contribution in [3.05, 3.63) is 41.0 Å². The van der Waals surface area contributed by atoms with Crippen molar-refractivity contribution in [3.63, 3.8) is 0 Å². The molecule has 21 heavy (non-hydrogen) atoms. The Balaban J connectivity index is 2.39. The first-order valence-electron chi connectivity index (χ1n) is 6.81. The number of methoxy groups -OCH3 is 1. The summed E-state index contributed by atoms with van der Waals surface area (Å²) >= 11 is 0. The highest BCUT2D eigenvalue weighted by molar-refractivity contribution is 5.94. The molecule has 0 heterocycles. The van der Waals surface area contributed by atoms with E-state index in [1.54, 1.807) is 13.2 Å². The van der Waals surface area contributed by atoms with Gasteiger partial charge in [0.15, 0.2) is 0 Å². The van der Waals surface area contributed by atoms with Crippen molar-refractivity contribution in [2.75, 3.05) is 26.8 Å². The Kier molecular flexibility index (Phi) is 7.18. The zero-order valence-electron chi connectivity index (χ0n) is 12.7. The molecule has 1 rings (SSSR count). The van der Waals surface area contributed by atoms with Crippen molar-refractivity contribution in [2.45, 2.75) is 13.8 Å². The molecule has 5 nitrogen and oxygen atoms in total. The molecule has 5 heteroatoms. The van der Waals surface area contributed by atoms with Gasteiger partial charge in [0.05, 0.1) is 13.2 Å². The second kappa shape index (κ2) is 8.92. The summed E-state index contributed by atoms with van der Waals surface area (Å²) in [5.41, 5.74) is 3.28. The predicted molar refractivity (Wildman–Crippen MR) is 82.8 cm³/mol. The van der Waals surface area contributed by atoms with E-state index in [9.17, 15) is 9.59 Å². The van der Waals surface area contributed by atoms with Crippen LogP contribution < -0.4 is 10.6 Å². The number of carbonyl (C=O) groups excluding carboxylic acids is 2. The lowest BCUT2D eigenvalue weighted by Gasteiger charge is -2.05. The summed E-state index contributed by atoms with van der Waals surface area (Å²) in [6, 6.07) is 6.01. The fraction of sp³-hybridized carbons (Fsp3) is 0.375. The van der Waals surface area contributed by atoms with Crippen molar-refractivity contribution in [3.8, 4) is 0 Å². The number of amides is 2. The molecule has 1 aromatic rings. The zero-order chi connectivity index (χ0) is 15.7. The van der Waals surface area contributed by atoms with Crippen LogP contribution in [0.5, 0.6) is 0 Å². The molecular formula is C16H22N2O3. The van der Waals surface area contributed by atoms with Crippen LogP contribution >= 0.6 is 0 Å². The minimum absolute atomic E-state index is 0.0419. The summed E-state index contributed by atoms with van der Waals surface area (Å²) in [6.07, 6.45) is 3.17. The average molecular weight is 290 g/mol. The highest BCUT2D eigenvalue weighted by Gasteiger charge is 2.02. The highest BCUT2D eigenvalue weighted by Crippen LogP contribution is 2.11. The van der Waals surface area contributed by atoms with Gasteiger partial charge in [-0.3, -0.25) is 9.59 Å². The first-order chi connectivity index (χ1) is 10.0. The molecule has 2 amide bonds. The van der Waals surface area contributed by atoms with Crippen LogP contribution in [0.15, 0.2) is 24.3 Å². The van der Waals surface area contributed by atoms with E-state index >= 15 is 0 Å². The first kappa shape index (κ1) is 16.9. The molecule has 0 atom stereocenters. The minimum atomic E-state index is -0.295. The molecule has 114 valence electrons. The van der Waals surface area contributed by atoms with E-state index in [0.29, 0.717) is 13.2 Å². The number of rotatable bonds is 7. The molecule has 0 aliphatic carbocycles. The Bertz CT molecular complexity index is 524. The molecule has 0 aliphatic heterocycles. The molecule has 1 aromatic carbocycles. The van der Waals surface area contributed by atoms with Crippen LogP contribution in [0.3, 0.4) is 0 Å². The third kappa shape index (κ3) is 6.72. The van der Waals surface area contributed by atoms with Crippen molar-refractivity contribution in [1.82, 2.24) is 10.6 Å². The first-order valence-corrected chi connectivity index (χ1v) is 6.81. The molecule has 0 bridgehead atoms. The van der Waals surface area contributed by atoms with E-state index < -0.39 is 0 Å². The van der Waals surface area contributed by atoms with Crippen molar-refractivity contribution in [1.29, 1.82) is 0 Å². The van der Waals surface area contributed by atoms with E-state index in [-0.39, 0.29) is 18.4 Å². The molecule has 0 saturated heterocycles. The van der Waals surface area contributed by atoms with Crippen LogP contribution in [-0.4, -0.2) is 38.6 Å². The zero-order valence-corrected chi connectivity index (χ0v) is 12.7. The average Bonchev–Trinajstić information content (AvgIpc) is 2.44. The van der Waals surface area contributed by atoms with E-state index in [2.05, 4.69) is 16.7 Å². The number of hydrogen-bond acceptors (Lipinski definition) is 3. The van der Waals surface area contributed by atoms with Crippen LogP contribution in [0, 0.1) is 13.8 Å². The largest absolute Gasteiger partial charge is 0.383 e. The van der Waals surface area contributed by atoms with Crippen LogP contribution in [0.4, 0.5) is 0 Å². The number of carbonyl (C=O) groups is 2. The lowest BCUT2D eigenvalue weighted by atomic mass is 10.1. The Labute approximate surface area is 125 Å². The number of hydrogen-bond donors (Lipinski definition) is 2. The summed E-state index contributed by atoms with van der Waals surface area (Å²) in [5.74, 6) is -0.530. The molecule has 0 radical (unpaired) electrons. The van der Waals surface area contributed by atoms with Crippen LogP contribution in [0.2, 0.25) is 0 Å².